The van der Waals surface area contributed by atoms with Crippen molar-refractivity contribution in [3.8, 4) is 0 Å². The molecule has 0 saturated heterocycles. The number of unbranched alkanes of at least 4 members (excludes halogenated alkanes) is 8. The van der Waals surface area contributed by atoms with Crippen LogP contribution in [0, 0.1) is 11.8 Å². The molecule has 0 aliphatic carbocycles. The van der Waals surface area contributed by atoms with Crippen LogP contribution < -0.4 is 20.0 Å². The zero-order valence-electron chi connectivity index (χ0n) is 20.0. The highest BCUT2D eigenvalue weighted by atomic mass is 31.2. The first-order chi connectivity index (χ1) is 14.2. The molecule has 0 fully saturated rings. The Morgan fingerprint density at radius 2 is 1.10 bits per heavy atom. The van der Waals surface area contributed by atoms with Crippen LogP contribution in [0.25, 0.3) is 0 Å². The van der Waals surface area contributed by atoms with Crippen LogP contribution in [-0.4, -0.2) is 0 Å². The number of benzene rings is 1. The Morgan fingerprint density at radius 3 is 1.60 bits per heavy atom. The first-order valence-electron chi connectivity index (χ1n) is 12.3. The van der Waals surface area contributed by atoms with Crippen molar-refractivity contribution >= 4 is 13.2 Å². The topological polar surface area (TPSA) is 69.2 Å². The quantitative estimate of drug-likeness (QED) is 0.248. The standard InChI is InChI=1S/C26H47O3P/c1-22(2)16-11-7-5-9-13-18-24-19-15-21-26(30(27,28)29)25(24)20-14-10-6-8-12-17-23(3)4/h15,19,21-23H,5-14,16-18,20H2,1-4H3,(H2,27,28,29)/p-2. The predicted octanol–water partition coefficient (Wildman–Crippen LogP) is 5.23. The number of aryl methyl sites for hydroxylation is 1. The Morgan fingerprint density at radius 1 is 0.633 bits per heavy atom. The molecule has 0 saturated carbocycles. The highest BCUT2D eigenvalue weighted by Crippen LogP contribution is 2.31. The average Bonchev–Trinajstić information content (AvgIpc) is 2.65. The van der Waals surface area contributed by atoms with Crippen molar-refractivity contribution in [2.45, 2.75) is 118 Å². The largest absolute Gasteiger partial charge is 0.683 e. The summed E-state index contributed by atoms with van der Waals surface area (Å²) < 4.78 is 0. The summed E-state index contributed by atoms with van der Waals surface area (Å²) in [6.07, 6.45) is 16.0. The normalized spacial score (nSPS) is 12.3. The van der Waals surface area contributed by atoms with Gasteiger partial charge in [0.1, 0.15) is 0 Å². The third-order valence-electron chi connectivity index (χ3n) is 5.98. The lowest BCUT2D eigenvalue weighted by Crippen LogP contribution is -2.42. The molecular weight excluding hydrogens is 391 g/mol. The summed E-state index contributed by atoms with van der Waals surface area (Å²) in [5.41, 5.74) is 1.87. The molecule has 3 nitrogen and oxygen atoms in total. The van der Waals surface area contributed by atoms with E-state index in [9.17, 15) is 14.7 Å². The number of hydrogen-bond donors (Lipinski definition) is 0. The molecule has 0 N–H and O–H groups in total. The Kier molecular flexibility index (Phi) is 14.1. The van der Waals surface area contributed by atoms with E-state index in [4.69, 9.17) is 0 Å². The van der Waals surface area contributed by atoms with Crippen molar-refractivity contribution in [1.29, 1.82) is 0 Å². The fourth-order valence-electron chi connectivity index (χ4n) is 4.18. The van der Waals surface area contributed by atoms with Crippen molar-refractivity contribution in [2.24, 2.45) is 11.8 Å². The van der Waals surface area contributed by atoms with Crippen molar-refractivity contribution < 1.29 is 14.7 Å². The van der Waals surface area contributed by atoms with Gasteiger partial charge in [-0.15, -0.1) is 7.94 Å². The molecule has 0 unspecified atom stereocenters. The second-order valence-corrected chi connectivity index (χ2v) is 11.3. The van der Waals surface area contributed by atoms with Crippen molar-refractivity contribution in [1.82, 2.24) is 0 Å². The summed E-state index contributed by atoms with van der Waals surface area (Å²) in [6.45, 7) is 9.05. The van der Waals surface area contributed by atoms with E-state index in [2.05, 4.69) is 27.7 Å². The van der Waals surface area contributed by atoms with Gasteiger partial charge in [0, 0.05) is 0 Å². The first kappa shape index (κ1) is 27.6. The molecule has 0 spiro atoms. The van der Waals surface area contributed by atoms with Gasteiger partial charge in [0.15, 0.2) is 0 Å². The van der Waals surface area contributed by atoms with Gasteiger partial charge in [-0.1, -0.05) is 104 Å². The molecule has 1 rings (SSSR count). The van der Waals surface area contributed by atoms with Crippen LogP contribution in [0.5, 0.6) is 0 Å². The minimum Gasteiger partial charge on any atom is -0.683 e. The summed E-state index contributed by atoms with van der Waals surface area (Å²) in [6, 6.07) is 5.27. The van der Waals surface area contributed by atoms with Gasteiger partial charge in [-0.3, -0.25) is 0 Å². The van der Waals surface area contributed by atoms with Gasteiger partial charge < -0.3 is 14.7 Å². The Labute approximate surface area is 186 Å². The van der Waals surface area contributed by atoms with E-state index in [0.717, 1.165) is 48.6 Å². The predicted molar refractivity (Wildman–Crippen MR) is 125 cm³/mol. The van der Waals surface area contributed by atoms with Crippen LogP contribution in [0.3, 0.4) is 0 Å². The average molecular weight is 437 g/mol. The maximum Gasteiger partial charge on any atom is 0.0798 e. The van der Waals surface area contributed by atoms with Gasteiger partial charge in [0.2, 0.25) is 0 Å². The van der Waals surface area contributed by atoms with E-state index in [0.29, 0.717) is 6.42 Å². The summed E-state index contributed by atoms with van der Waals surface area (Å²) in [4.78, 5) is 35.5. The molecular formula is C26H45O3P-2. The molecule has 4 heteroatoms. The molecule has 0 aromatic heterocycles. The zero-order valence-corrected chi connectivity index (χ0v) is 20.9. The number of hydrogen-bond acceptors (Lipinski definition) is 3. The molecule has 0 heterocycles. The van der Waals surface area contributed by atoms with Gasteiger partial charge in [0.05, 0.1) is 5.30 Å². The Balaban J connectivity index is 2.52. The molecule has 1 aromatic carbocycles. The molecule has 30 heavy (non-hydrogen) atoms. The zero-order chi connectivity index (χ0) is 22.4. The van der Waals surface area contributed by atoms with Crippen LogP contribution in [0.4, 0.5) is 0 Å². The number of rotatable bonds is 17. The molecule has 0 bridgehead atoms. The van der Waals surface area contributed by atoms with E-state index in [-0.39, 0.29) is 5.30 Å². The molecule has 0 amide bonds. The summed E-state index contributed by atoms with van der Waals surface area (Å²) >= 11 is 0. The highest BCUT2D eigenvalue weighted by molar-refractivity contribution is 7.62. The molecule has 1 aromatic rings. The van der Waals surface area contributed by atoms with E-state index < -0.39 is 7.94 Å². The highest BCUT2D eigenvalue weighted by Gasteiger charge is 2.14. The lowest BCUT2D eigenvalue weighted by atomic mass is 9.96. The van der Waals surface area contributed by atoms with Crippen LogP contribution in [0.2, 0.25) is 0 Å². The molecule has 0 aliphatic heterocycles. The van der Waals surface area contributed by atoms with Gasteiger partial charge in [-0.25, -0.2) is 0 Å². The summed E-state index contributed by atoms with van der Waals surface area (Å²) in [7, 11) is -4.72. The summed E-state index contributed by atoms with van der Waals surface area (Å²) in [5, 5.41) is 0.0386. The Hall–Kier alpha value is -0.470. The van der Waals surface area contributed by atoms with Gasteiger partial charge >= 0.3 is 0 Å². The molecule has 174 valence electrons. The molecule has 0 atom stereocenters. The Bertz CT molecular complexity index is 564. The van der Waals surface area contributed by atoms with Crippen LogP contribution in [0.15, 0.2) is 18.2 Å². The minimum absolute atomic E-state index is 0.0386. The monoisotopic (exact) mass is 436 g/mol. The van der Waals surface area contributed by atoms with E-state index in [1.165, 1.54) is 63.9 Å². The van der Waals surface area contributed by atoms with E-state index in [1.54, 1.807) is 6.07 Å². The van der Waals surface area contributed by atoms with Gasteiger partial charge in [0.25, 0.3) is 0 Å². The fourth-order valence-corrected chi connectivity index (χ4v) is 5.04. The van der Waals surface area contributed by atoms with Crippen LogP contribution in [-0.2, 0) is 12.8 Å². The van der Waals surface area contributed by atoms with Crippen molar-refractivity contribution in [3.05, 3.63) is 29.3 Å². The fraction of sp³-hybridized carbons (Fsp3) is 0.769. The van der Waals surface area contributed by atoms with E-state index >= 15 is 0 Å². The first-order valence-corrected chi connectivity index (χ1v) is 13.9. The third kappa shape index (κ3) is 12.4. The third-order valence-corrected chi connectivity index (χ3v) is 6.99. The van der Waals surface area contributed by atoms with E-state index in [1.807, 2.05) is 6.07 Å². The van der Waals surface area contributed by atoms with Gasteiger partial charge in [-0.05, 0) is 54.7 Å². The smallest absolute Gasteiger partial charge is 0.0798 e. The SMILES string of the molecule is CC(C)CCCCCCCc1cccc([P+]([O-])([O-])[O-])c1CCCCCCCC(C)C. The van der Waals surface area contributed by atoms with Crippen molar-refractivity contribution in [3.63, 3.8) is 0 Å². The molecule has 0 aliphatic rings. The second-order valence-electron chi connectivity index (χ2n) is 9.81. The van der Waals surface area contributed by atoms with Crippen LogP contribution >= 0.6 is 7.94 Å². The lowest BCUT2D eigenvalue weighted by Gasteiger charge is -2.43. The van der Waals surface area contributed by atoms with Crippen molar-refractivity contribution in [2.75, 3.05) is 0 Å². The lowest BCUT2D eigenvalue weighted by molar-refractivity contribution is -0.421. The summed E-state index contributed by atoms with van der Waals surface area (Å²) in [5.74, 6) is 1.54. The van der Waals surface area contributed by atoms with Crippen LogP contribution in [0.1, 0.15) is 116 Å². The maximum atomic E-state index is 11.8. The van der Waals surface area contributed by atoms with Gasteiger partial charge in [-0.2, -0.15) is 0 Å². The molecule has 0 radical (unpaired) electrons. The maximum absolute atomic E-state index is 11.8. The minimum atomic E-state index is -4.72. The second kappa shape index (κ2) is 15.4.